The van der Waals surface area contributed by atoms with Crippen molar-refractivity contribution in [3.8, 4) is 0 Å². The van der Waals surface area contributed by atoms with Crippen LogP contribution in [0.15, 0.2) is 22.7 Å². The monoisotopic (exact) mass is 283 g/mol. The number of nitrogens with one attached hydrogen (secondary N) is 1. The first-order valence-corrected chi connectivity index (χ1v) is 6.59. The Hall–Kier alpha value is -0.540. The number of aryl methyl sites for hydroxylation is 1. The summed E-state index contributed by atoms with van der Waals surface area (Å²) >= 11 is 3.56. The van der Waals surface area contributed by atoms with Gasteiger partial charge in [0, 0.05) is 22.8 Å². The zero-order chi connectivity index (χ0) is 11.5. The molecule has 0 radical (unpaired) electrons. The summed E-state index contributed by atoms with van der Waals surface area (Å²) < 4.78 is 6.70. The van der Waals surface area contributed by atoms with E-state index in [9.17, 15) is 0 Å². The van der Waals surface area contributed by atoms with Gasteiger partial charge in [0.2, 0.25) is 0 Å². The van der Waals surface area contributed by atoms with Crippen LogP contribution in [0.2, 0.25) is 0 Å². The van der Waals surface area contributed by atoms with Crippen LogP contribution in [0.3, 0.4) is 0 Å². The van der Waals surface area contributed by atoms with Gasteiger partial charge in [-0.1, -0.05) is 22.0 Å². The van der Waals surface area contributed by atoms with Crippen molar-refractivity contribution in [1.82, 2.24) is 0 Å². The Morgan fingerprint density at radius 1 is 1.44 bits per heavy atom. The van der Waals surface area contributed by atoms with Gasteiger partial charge in [0.05, 0.1) is 6.10 Å². The van der Waals surface area contributed by atoms with Crippen molar-refractivity contribution in [3.63, 3.8) is 0 Å². The summed E-state index contributed by atoms with van der Waals surface area (Å²) in [5.41, 5.74) is 2.46. The van der Waals surface area contributed by atoms with Gasteiger partial charge in [-0.25, -0.2) is 0 Å². The lowest BCUT2D eigenvalue weighted by molar-refractivity contribution is 0.0232. The van der Waals surface area contributed by atoms with Gasteiger partial charge in [-0.3, -0.25) is 0 Å². The predicted molar refractivity (Wildman–Crippen MR) is 70.9 cm³/mol. The Balaban J connectivity index is 2.00. The van der Waals surface area contributed by atoms with E-state index in [4.69, 9.17) is 4.74 Å². The van der Waals surface area contributed by atoms with Crippen molar-refractivity contribution in [2.45, 2.75) is 38.8 Å². The first-order valence-electron chi connectivity index (χ1n) is 5.79. The van der Waals surface area contributed by atoms with Gasteiger partial charge in [0.1, 0.15) is 0 Å². The van der Waals surface area contributed by atoms with Crippen molar-refractivity contribution >= 4 is 21.6 Å². The molecule has 2 atom stereocenters. The number of anilines is 1. The van der Waals surface area contributed by atoms with Crippen LogP contribution in [-0.2, 0) is 4.74 Å². The van der Waals surface area contributed by atoms with Gasteiger partial charge in [-0.2, -0.15) is 0 Å². The second-order valence-corrected chi connectivity index (χ2v) is 5.37. The molecule has 3 heteroatoms. The molecule has 2 unspecified atom stereocenters. The fourth-order valence-corrected chi connectivity index (χ4v) is 2.43. The first kappa shape index (κ1) is 11.9. The van der Waals surface area contributed by atoms with Crippen molar-refractivity contribution in [1.29, 1.82) is 0 Å². The summed E-state index contributed by atoms with van der Waals surface area (Å²) in [5.74, 6) is 0. The molecule has 0 aliphatic carbocycles. The number of hydrogen-bond acceptors (Lipinski definition) is 2. The molecule has 1 aromatic rings. The fraction of sp³-hybridized carbons (Fsp3) is 0.538. The molecule has 0 spiro atoms. The van der Waals surface area contributed by atoms with E-state index in [2.05, 4.69) is 53.3 Å². The molecule has 1 fully saturated rings. The van der Waals surface area contributed by atoms with Gasteiger partial charge < -0.3 is 10.1 Å². The summed E-state index contributed by atoms with van der Waals surface area (Å²) in [6.45, 7) is 5.11. The van der Waals surface area contributed by atoms with E-state index in [1.54, 1.807) is 0 Å². The van der Waals surface area contributed by atoms with Gasteiger partial charge >= 0.3 is 0 Å². The topological polar surface area (TPSA) is 21.3 Å². The van der Waals surface area contributed by atoms with Crippen molar-refractivity contribution in [2.24, 2.45) is 0 Å². The van der Waals surface area contributed by atoms with Crippen molar-refractivity contribution in [3.05, 3.63) is 28.2 Å². The molecule has 1 aromatic carbocycles. The standard InChI is InChI=1S/C13H18BrNO/c1-9-3-4-11(8-13(9)14)15-12-5-6-16-10(2)7-12/h3-4,8,10,12,15H,5-7H2,1-2H3. The molecule has 1 heterocycles. The number of rotatable bonds is 2. The lowest BCUT2D eigenvalue weighted by Gasteiger charge is -2.28. The largest absolute Gasteiger partial charge is 0.382 e. The number of halogens is 1. The van der Waals surface area contributed by atoms with E-state index in [0.717, 1.165) is 23.9 Å². The maximum Gasteiger partial charge on any atom is 0.0566 e. The molecular formula is C13H18BrNO. The van der Waals surface area contributed by atoms with Gasteiger partial charge in [-0.15, -0.1) is 0 Å². The van der Waals surface area contributed by atoms with Crippen LogP contribution in [0.5, 0.6) is 0 Å². The normalized spacial score (nSPS) is 25.4. The van der Waals surface area contributed by atoms with E-state index in [-0.39, 0.29) is 0 Å². The number of benzene rings is 1. The smallest absolute Gasteiger partial charge is 0.0566 e. The van der Waals surface area contributed by atoms with Crippen LogP contribution in [0.25, 0.3) is 0 Å². The average molecular weight is 284 g/mol. The molecule has 0 saturated carbocycles. The summed E-state index contributed by atoms with van der Waals surface area (Å²) in [6, 6.07) is 6.96. The fourth-order valence-electron chi connectivity index (χ4n) is 2.05. The summed E-state index contributed by atoms with van der Waals surface area (Å²) in [5, 5.41) is 3.57. The Bertz CT molecular complexity index is 367. The highest BCUT2D eigenvalue weighted by atomic mass is 79.9. The third-order valence-corrected chi connectivity index (χ3v) is 3.88. The van der Waals surface area contributed by atoms with E-state index < -0.39 is 0 Å². The van der Waals surface area contributed by atoms with Crippen molar-refractivity contribution in [2.75, 3.05) is 11.9 Å². The molecule has 1 aliphatic heterocycles. The highest BCUT2D eigenvalue weighted by Crippen LogP contribution is 2.23. The quantitative estimate of drug-likeness (QED) is 0.893. The molecule has 1 aliphatic rings. The molecule has 0 aromatic heterocycles. The molecule has 0 bridgehead atoms. The summed E-state index contributed by atoms with van der Waals surface area (Å²) in [7, 11) is 0. The Morgan fingerprint density at radius 3 is 2.94 bits per heavy atom. The number of hydrogen-bond donors (Lipinski definition) is 1. The van der Waals surface area contributed by atoms with Gasteiger partial charge in [0.25, 0.3) is 0 Å². The van der Waals surface area contributed by atoms with Gasteiger partial charge in [0.15, 0.2) is 0 Å². The third-order valence-electron chi connectivity index (χ3n) is 3.03. The molecule has 1 N–H and O–H groups in total. The number of ether oxygens (including phenoxy) is 1. The SMILES string of the molecule is Cc1ccc(NC2CCOC(C)C2)cc1Br. The first-order chi connectivity index (χ1) is 7.65. The molecule has 88 valence electrons. The van der Waals surface area contributed by atoms with Crippen LogP contribution >= 0.6 is 15.9 Å². The molecule has 1 saturated heterocycles. The Labute approximate surface area is 106 Å². The molecular weight excluding hydrogens is 266 g/mol. The minimum Gasteiger partial charge on any atom is -0.382 e. The zero-order valence-electron chi connectivity index (χ0n) is 9.79. The highest BCUT2D eigenvalue weighted by molar-refractivity contribution is 9.10. The van der Waals surface area contributed by atoms with Crippen molar-refractivity contribution < 1.29 is 4.74 Å². The van der Waals surface area contributed by atoms with E-state index in [1.165, 1.54) is 11.3 Å². The van der Waals surface area contributed by atoms with Crippen LogP contribution in [0.1, 0.15) is 25.3 Å². The lowest BCUT2D eigenvalue weighted by atomic mass is 10.0. The lowest BCUT2D eigenvalue weighted by Crippen LogP contribution is -2.32. The van der Waals surface area contributed by atoms with Crippen LogP contribution in [0.4, 0.5) is 5.69 Å². The zero-order valence-corrected chi connectivity index (χ0v) is 11.4. The molecule has 0 amide bonds. The molecule has 16 heavy (non-hydrogen) atoms. The van der Waals surface area contributed by atoms with E-state index in [1.807, 2.05) is 0 Å². The summed E-state index contributed by atoms with van der Waals surface area (Å²) in [4.78, 5) is 0. The van der Waals surface area contributed by atoms with Crippen LogP contribution in [-0.4, -0.2) is 18.8 Å². The predicted octanol–water partition coefficient (Wildman–Crippen LogP) is 3.74. The van der Waals surface area contributed by atoms with E-state index in [0.29, 0.717) is 12.1 Å². The molecule has 2 rings (SSSR count). The van der Waals surface area contributed by atoms with E-state index >= 15 is 0 Å². The average Bonchev–Trinajstić information content (AvgIpc) is 2.24. The Kier molecular flexibility index (Phi) is 3.87. The van der Waals surface area contributed by atoms with Crippen LogP contribution < -0.4 is 5.32 Å². The minimum absolute atomic E-state index is 0.375. The minimum atomic E-state index is 0.375. The highest BCUT2D eigenvalue weighted by Gasteiger charge is 2.18. The third kappa shape index (κ3) is 2.98. The molecule has 2 nitrogen and oxygen atoms in total. The second kappa shape index (κ2) is 5.19. The maximum absolute atomic E-state index is 5.54. The van der Waals surface area contributed by atoms with Crippen LogP contribution in [0, 0.1) is 6.92 Å². The maximum atomic E-state index is 5.54. The Morgan fingerprint density at radius 2 is 2.25 bits per heavy atom. The van der Waals surface area contributed by atoms with Gasteiger partial charge in [-0.05, 0) is 44.4 Å². The second-order valence-electron chi connectivity index (χ2n) is 4.51. The summed E-state index contributed by atoms with van der Waals surface area (Å²) in [6.07, 6.45) is 2.56.